The number of anilines is 2. The molecule has 2 N–H and O–H groups in total. The van der Waals surface area contributed by atoms with E-state index in [-0.39, 0.29) is 24.8 Å². The molecule has 0 aliphatic carbocycles. The van der Waals surface area contributed by atoms with Crippen LogP contribution >= 0.6 is 0 Å². The van der Waals surface area contributed by atoms with Crippen LogP contribution in [0, 0.1) is 29.1 Å². The van der Waals surface area contributed by atoms with Crippen molar-refractivity contribution in [2.24, 2.45) is 17.8 Å². The van der Waals surface area contributed by atoms with Crippen LogP contribution in [0.4, 0.5) is 11.4 Å². The second-order valence-electron chi connectivity index (χ2n) is 9.66. The van der Waals surface area contributed by atoms with Crippen LogP contribution in [-0.2, 0) is 14.4 Å². The Morgan fingerprint density at radius 1 is 0.944 bits per heavy atom. The van der Waals surface area contributed by atoms with E-state index in [0.717, 1.165) is 10.8 Å². The van der Waals surface area contributed by atoms with Crippen molar-refractivity contribution in [2.45, 2.75) is 32.7 Å². The van der Waals surface area contributed by atoms with Gasteiger partial charge in [-0.05, 0) is 53.8 Å². The predicted molar refractivity (Wildman–Crippen MR) is 140 cm³/mol. The fourth-order valence-corrected chi connectivity index (χ4v) is 4.65. The van der Waals surface area contributed by atoms with Crippen LogP contribution in [0.15, 0.2) is 72.8 Å². The van der Waals surface area contributed by atoms with Crippen molar-refractivity contribution in [3.63, 3.8) is 0 Å². The monoisotopic (exact) mass is 482 g/mol. The predicted octanol–water partition coefficient (Wildman–Crippen LogP) is 4.82. The maximum atomic E-state index is 13.6. The third-order valence-corrected chi connectivity index (χ3v) is 6.48. The summed E-state index contributed by atoms with van der Waals surface area (Å²) in [5.41, 5.74) is 1.27. The molecule has 1 heterocycles. The average molecular weight is 483 g/mol. The molecule has 4 rings (SSSR count). The maximum absolute atomic E-state index is 13.6. The van der Waals surface area contributed by atoms with Crippen molar-refractivity contribution in [3.05, 3.63) is 72.8 Å². The molecule has 3 amide bonds. The lowest BCUT2D eigenvalue weighted by atomic mass is 9.94. The largest absolute Gasteiger partial charge is 0.326 e. The van der Waals surface area contributed by atoms with Crippen molar-refractivity contribution < 1.29 is 14.4 Å². The van der Waals surface area contributed by atoms with E-state index in [1.165, 1.54) is 4.90 Å². The van der Waals surface area contributed by atoms with E-state index in [0.29, 0.717) is 17.8 Å². The van der Waals surface area contributed by atoms with Crippen molar-refractivity contribution in [1.29, 1.82) is 5.26 Å². The Hall–Kier alpha value is -4.18. The zero-order valence-corrected chi connectivity index (χ0v) is 20.5. The van der Waals surface area contributed by atoms with Gasteiger partial charge in [-0.25, -0.2) is 0 Å². The first-order valence-corrected chi connectivity index (χ1v) is 12.2. The van der Waals surface area contributed by atoms with Gasteiger partial charge in [0.15, 0.2) is 0 Å². The first kappa shape index (κ1) is 24.9. The summed E-state index contributed by atoms with van der Waals surface area (Å²) in [6, 6.07) is 23.9. The minimum atomic E-state index is -0.955. The van der Waals surface area contributed by atoms with Crippen molar-refractivity contribution >= 4 is 39.9 Å². The Bertz CT molecular complexity index is 1300. The fourth-order valence-electron chi connectivity index (χ4n) is 4.65. The molecule has 3 aromatic carbocycles. The first-order valence-electron chi connectivity index (χ1n) is 12.2. The molecule has 3 aromatic rings. The van der Waals surface area contributed by atoms with E-state index in [9.17, 15) is 19.6 Å². The number of carbonyl (C=O) groups excluding carboxylic acids is 3. The number of hydrogen-bond donors (Lipinski definition) is 2. The second kappa shape index (κ2) is 11.0. The van der Waals surface area contributed by atoms with Gasteiger partial charge in [0, 0.05) is 17.9 Å². The molecule has 1 fully saturated rings. The molecule has 0 radical (unpaired) electrons. The molecule has 7 nitrogen and oxygen atoms in total. The van der Waals surface area contributed by atoms with Gasteiger partial charge in [0.05, 0.1) is 12.0 Å². The van der Waals surface area contributed by atoms with E-state index in [4.69, 9.17) is 0 Å². The third kappa shape index (κ3) is 5.72. The van der Waals surface area contributed by atoms with E-state index >= 15 is 0 Å². The Morgan fingerprint density at radius 3 is 2.33 bits per heavy atom. The molecule has 0 spiro atoms. The highest BCUT2D eigenvalue weighted by molar-refractivity contribution is 6.07. The molecule has 184 valence electrons. The van der Waals surface area contributed by atoms with Gasteiger partial charge in [-0.15, -0.1) is 0 Å². The number of rotatable bonds is 7. The zero-order chi connectivity index (χ0) is 25.7. The molecule has 36 heavy (non-hydrogen) atoms. The van der Waals surface area contributed by atoms with Crippen LogP contribution in [0.3, 0.4) is 0 Å². The highest BCUT2D eigenvalue weighted by Crippen LogP contribution is 2.29. The lowest BCUT2D eigenvalue weighted by Crippen LogP contribution is -2.44. The number of nitriles is 1. The summed E-state index contributed by atoms with van der Waals surface area (Å²) >= 11 is 0. The Labute approximate surface area is 211 Å². The molecule has 1 aliphatic rings. The first-order chi connectivity index (χ1) is 17.4. The second-order valence-corrected chi connectivity index (χ2v) is 9.66. The molecule has 0 aromatic heterocycles. The van der Waals surface area contributed by atoms with Crippen molar-refractivity contribution in [2.75, 3.05) is 17.2 Å². The molecule has 7 heteroatoms. The van der Waals surface area contributed by atoms with Gasteiger partial charge in [0.2, 0.25) is 17.7 Å². The van der Waals surface area contributed by atoms with E-state index in [2.05, 4.69) is 16.7 Å². The van der Waals surface area contributed by atoms with Gasteiger partial charge in [-0.1, -0.05) is 62.4 Å². The number of hydrogen-bond acceptors (Lipinski definition) is 4. The topological polar surface area (TPSA) is 102 Å². The van der Waals surface area contributed by atoms with Crippen molar-refractivity contribution in [3.8, 4) is 6.07 Å². The highest BCUT2D eigenvalue weighted by atomic mass is 16.2. The van der Waals surface area contributed by atoms with Gasteiger partial charge in [0.1, 0.15) is 12.0 Å². The van der Waals surface area contributed by atoms with Gasteiger partial charge < -0.3 is 15.5 Å². The standard InChI is InChI=1S/C29H30N4O3/c1-19(2)14-26(28(35)32-24-13-12-20-8-6-7-9-21(20)15-24)29(36)33-18-22(16-25(33)17-30)27(34)31-23-10-4-3-5-11-23/h3-13,15,19,22,25-26H,14,16,18H2,1-2H3,(H,31,34)(H,32,35). The molecule has 3 unspecified atom stereocenters. The number of nitrogens with one attached hydrogen (secondary N) is 2. The normalized spacial score (nSPS) is 18.0. The van der Waals surface area contributed by atoms with Gasteiger partial charge in [-0.2, -0.15) is 5.26 Å². The van der Waals surface area contributed by atoms with Crippen molar-refractivity contribution in [1.82, 2.24) is 4.90 Å². The molecule has 0 saturated carbocycles. The average Bonchev–Trinajstić information content (AvgIpc) is 3.32. The quantitative estimate of drug-likeness (QED) is 0.471. The van der Waals surface area contributed by atoms with Crippen LogP contribution < -0.4 is 10.6 Å². The zero-order valence-electron chi connectivity index (χ0n) is 20.5. The minimum Gasteiger partial charge on any atom is -0.326 e. The summed E-state index contributed by atoms with van der Waals surface area (Å²) in [6.07, 6.45) is 0.579. The maximum Gasteiger partial charge on any atom is 0.236 e. The molecule has 1 saturated heterocycles. The number of fused-ring (bicyclic) bond motifs is 1. The van der Waals surface area contributed by atoms with Crippen LogP contribution in [-0.4, -0.2) is 35.2 Å². The highest BCUT2D eigenvalue weighted by Gasteiger charge is 2.42. The SMILES string of the molecule is CC(C)CC(C(=O)Nc1ccc2ccccc2c1)C(=O)N1CC(C(=O)Nc2ccccc2)CC1C#N. The van der Waals surface area contributed by atoms with Crippen LogP contribution in [0.25, 0.3) is 10.8 Å². The summed E-state index contributed by atoms with van der Waals surface area (Å²) in [5.74, 6) is -2.45. The molecule has 1 aliphatic heterocycles. The van der Waals surface area contributed by atoms with E-state index < -0.39 is 29.7 Å². The summed E-state index contributed by atoms with van der Waals surface area (Å²) in [7, 11) is 0. The summed E-state index contributed by atoms with van der Waals surface area (Å²) in [4.78, 5) is 41.2. The smallest absolute Gasteiger partial charge is 0.236 e. The lowest BCUT2D eigenvalue weighted by molar-refractivity contribution is -0.141. The molecule has 3 atom stereocenters. The number of nitrogens with zero attached hydrogens (tertiary/aromatic N) is 2. The lowest BCUT2D eigenvalue weighted by Gasteiger charge is -2.26. The summed E-state index contributed by atoms with van der Waals surface area (Å²) in [6.45, 7) is 4.00. The Morgan fingerprint density at radius 2 is 1.64 bits per heavy atom. The number of amides is 3. The van der Waals surface area contributed by atoms with E-state index in [1.807, 2.05) is 74.5 Å². The minimum absolute atomic E-state index is 0.0848. The number of likely N-dealkylation sites (tertiary alicyclic amines) is 1. The number of benzene rings is 3. The van der Waals surface area contributed by atoms with Gasteiger partial charge in [-0.3, -0.25) is 14.4 Å². The van der Waals surface area contributed by atoms with E-state index in [1.54, 1.807) is 12.1 Å². The van der Waals surface area contributed by atoms with Crippen LogP contribution in [0.5, 0.6) is 0 Å². The third-order valence-electron chi connectivity index (χ3n) is 6.48. The molecule has 0 bridgehead atoms. The van der Waals surface area contributed by atoms with Gasteiger partial charge in [0.25, 0.3) is 0 Å². The summed E-state index contributed by atoms with van der Waals surface area (Å²) in [5, 5.41) is 17.5. The molecular weight excluding hydrogens is 452 g/mol. The fraction of sp³-hybridized carbons (Fsp3) is 0.310. The number of carbonyl (C=O) groups is 3. The Balaban J connectivity index is 1.49. The van der Waals surface area contributed by atoms with Gasteiger partial charge >= 0.3 is 0 Å². The Kier molecular flexibility index (Phi) is 7.65. The summed E-state index contributed by atoms with van der Waals surface area (Å²) < 4.78 is 0. The van der Waals surface area contributed by atoms with Crippen LogP contribution in [0.1, 0.15) is 26.7 Å². The van der Waals surface area contributed by atoms with Crippen LogP contribution in [0.2, 0.25) is 0 Å². The molecular formula is C29H30N4O3. The number of para-hydroxylation sites is 1.